The van der Waals surface area contributed by atoms with Crippen molar-refractivity contribution in [2.24, 2.45) is 0 Å². The van der Waals surface area contributed by atoms with Gasteiger partial charge in [-0.1, -0.05) is 50.2 Å². The first-order valence-electron chi connectivity index (χ1n) is 13.0. The predicted octanol–water partition coefficient (Wildman–Crippen LogP) is 5.40. The molecule has 2 aliphatic heterocycles. The summed E-state index contributed by atoms with van der Waals surface area (Å²) in [6, 6.07) is 18.5. The average molecular weight is 525 g/mol. The lowest BCUT2D eigenvalue weighted by Crippen LogP contribution is -2.29. The second-order valence-electron chi connectivity index (χ2n) is 10.7. The smallest absolute Gasteiger partial charge is 0.309 e. The van der Waals surface area contributed by atoms with E-state index in [4.69, 9.17) is 4.74 Å². The molecular weight excluding hydrogens is 490 g/mol. The molecule has 2 aromatic carbocycles. The number of aliphatic carboxylic acids is 1. The third-order valence-corrected chi connectivity index (χ3v) is 7.62. The highest BCUT2D eigenvalue weighted by Crippen LogP contribution is 2.47. The molecule has 7 heteroatoms. The first-order valence-corrected chi connectivity index (χ1v) is 13.0. The van der Waals surface area contributed by atoms with Crippen LogP contribution in [0, 0.1) is 11.3 Å². The molecule has 1 N–H and O–H groups in total. The number of ether oxygens (including phenoxy) is 1. The van der Waals surface area contributed by atoms with Gasteiger partial charge in [-0.15, -0.1) is 0 Å². The van der Waals surface area contributed by atoms with E-state index in [0.717, 1.165) is 28.3 Å². The highest BCUT2D eigenvalue weighted by molar-refractivity contribution is 6.03. The molecular formula is C32H34N3O4+. The third kappa shape index (κ3) is 5.28. The second kappa shape index (κ2) is 11.1. The van der Waals surface area contributed by atoms with Crippen LogP contribution in [0.5, 0.6) is 0 Å². The van der Waals surface area contributed by atoms with Gasteiger partial charge < -0.3 is 14.7 Å². The summed E-state index contributed by atoms with van der Waals surface area (Å²) in [6.07, 6.45) is 7.51. The SMILES string of the molecule is CC1(C)C(=CC=C(C#N)C=CC2=[N+](CCC(=O)O)c3ccccc3C2(C)C)N(CCOC=O)c2ccccc21. The summed E-state index contributed by atoms with van der Waals surface area (Å²) in [5.74, 6) is -0.854. The molecule has 0 aliphatic carbocycles. The first-order chi connectivity index (χ1) is 18.6. The minimum atomic E-state index is -0.854. The van der Waals surface area contributed by atoms with Crippen LogP contribution >= 0.6 is 0 Å². The van der Waals surface area contributed by atoms with Crippen LogP contribution in [0.3, 0.4) is 0 Å². The number of nitriles is 1. The van der Waals surface area contributed by atoms with E-state index >= 15 is 0 Å². The number of para-hydroxylation sites is 2. The van der Waals surface area contributed by atoms with Gasteiger partial charge in [0.2, 0.25) is 5.69 Å². The Labute approximate surface area is 229 Å². The van der Waals surface area contributed by atoms with Crippen LogP contribution in [-0.2, 0) is 25.2 Å². The van der Waals surface area contributed by atoms with Crippen molar-refractivity contribution in [3.63, 3.8) is 0 Å². The van der Waals surface area contributed by atoms with E-state index in [1.807, 2.05) is 53.1 Å². The van der Waals surface area contributed by atoms with Crippen molar-refractivity contribution in [3.8, 4) is 6.07 Å². The number of anilines is 1. The van der Waals surface area contributed by atoms with Crippen molar-refractivity contribution in [1.82, 2.24) is 0 Å². The van der Waals surface area contributed by atoms with Crippen molar-refractivity contribution in [2.45, 2.75) is 44.9 Å². The van der Waals surface area contributed by atoms with E-state index in [1.54, 1.807) is 6.08 Å². The molecule has 2 aliphatic rings. The second-order valence-corrected chi connectivity index (χ2v) is 10.7. The van der Waals surface area contributed by atoms with E-state index in [-0.39, 0.29) is 23.9 Å². The Morgan fingerprint density at radius 2 is 1.77 bits per heavy atom. The van der Waals surface area contributed by atoms with E-state index in [0.29, 0.717) is 25.1 Å². The number of nitrogens with zero attached hydrogens (tertiary/aromatic N) is 3. The van der Waals surface area contributed by atoms with E-state index in [1.165, 1.54) is 5.56 Å². The molecule has 39 heavy (non-hydrogen) atoms. The molecule has 2 aromatic rings. The highest BCUT2D eigenvalue weighted by atomic mass is 16.5. The van der Waals surface area contributed by atoms with Crippen molar-refractivity contribution in [3.05, 3.63) is 95.2 Å². The van der Waals surface area contributed by atoms with Gasteiger partial charge in [0.1, 0.15) is 13.0 Å². The molecule has 7 nitrogen and oxygen atoms in total. The number of fused-ring (bicyclic) bond motifs is 2. The van der Waals surface area contributed by atoms with Gasteiger partial charge in [-0.25, -0.2) is 0 Å². The standard InChI is InChI=1S/C32H33N3O4/c1-31(2)24-9-5-7-11-26(24)34(18-17-30(37)38)28(31)15-13-23(21-33)14-16-29-32(3,4)25-10-6-8-12-27(25)35(29)19-20-39-22-36/h5-16,22H,17-20H2,1-4H3/p+1. The molecule has 0 radical (unpaired) electrons. The molecule has 4 rings (SSSR count). The maximum absolute atomic E-state index is 11.4. The van der Waals surface area contributed by atoms with Gasteiger partial charge in [0, 0.05) is 34.5 Å². The predicted molar refractivity (Wildman–Crippen MR) is 151 cm³/mol. The third-order valence-electron chi connectivity index (χ3n) is 7.62. The van der Waals surface area contributed by atoms with Gasteiger partial charge in [0.25, 0.3) is 6.47 Å². The van der Waals surface area contributed by atoms with Crippen LogP contribution in [0.25, 0.3) is 0 Å². The van der Waals surface area contributed by atoms with E-state index in [2.05, 4.69) is 56.9 Å². The fraction of sp³-hybridized carbons (Fsp3) is 0.312. The molecule has 0 saturated carbocycles. The molecule has 0 aromatic heterocycles. The first kappa shape index (κ1) is 27.6. The van der Waals surface area contributed by atoms with Crippen LogP contribution in [0.15, 0.2) is 84.1 Å². The number of rotatable bonds is 10. The Hall–Kier alpha value is -4.44. The van der Waals surface area contributed by atoms with Crippen LogP contribution in [0.2, 0.25) is 0 Å². The van der Waals surface area contributed by atoms with E-state index in [9.17, 15) is 20.0 Å². The van der Waals surface area contributed by atoms with E-state index < -0.39 is 5.97 Å². The Morgan fingerprint density at radius 3 is 2.46 bits per heavy atom. The number of allylic oxidation sites excluding steroid dienone is 6. The maximum atomic E-state index is 11.4. The number of carbonyl (C=O) groups is 2. The van der Waals surface area contributed by atoms with Gasteiger partial charge in [-0.05, 0) is 43.7 Å². The molecule has 0 amide bonds. The Kier molecular flexibility index (Phi) is 7.87. The minimum Gasteiger partial charge on any atom is -0.481 e. The normalized spacial score (nSPS) is 18.3. The summed E-state index contributed by atoms with van der Waals surface area (Å²) in [5, 5.41) is 19.3. The Balaban J connectivity index is 1.71. The van der Waals surface area contributed by atoms with Crippen LogP contribution < -0.4 is 4.90 Å². The average Bonchev–Trinajstić information content (AvgIpc) is 3.26. The molecule has 200 valence electrons. The topological polar surface area (TPSA) is 93.6 Å². The Morgan fingerprint density at radius 1 is 1.08 bits per heavy atom. The molecule has 0 unspecified atom stereocenters. The van der Waals surface area contributed by atoms with Crippen molar-refractivity contribution in [2.75, 3.05) is 24.6 Å². The zero-order chi connectivity index (χ0) is 28.2. The number of carbonyl (C=O) groups excluding carboxylic acids is 1. The lowest BCUT2D eigenvalue weighted by molar-refractivity contribution is -0.436. The van der Waals surface area contributed by atoms with Gasteiger partial charge in [0.15, 0.2) is 12.3 Å². The fourth-order valence-electron chi connectivity index (χ4n) is 5.63. The van der Waals surface area contributed by atoms with Gasteiger partial charge in [-0.2, -0.15) is 9.84 Å². The van der Waals surface area contributed by atoms with Crippen molar-refractivity contribution < 1.29 is 24.0 Å². The summed E-state index contributed by atoms with van der Waals surface area (Å²) < 4.78 is 7.03. The number of benzene rings is 2. The zero-order valence-electron chi connectivity index (χ0n) is 22.8. The highest BCUT2D eigenvalue weighted by Gasteiger charge is 2.44. The summed E-state index contributed by atoms with van der Waals surface area (Å²) in [7, 11) is 0. The van der Waals surface area contributed by atoms with Gasteiger partial charge >= 0.3 is 5.97 Å². The maximum Gasteiger partial charge on any atom is 0.309 e. The minimum absolute atomic E-state index is 0.00803. The van der Waals surface area contributed by atoms with Crippen LogP contribution in [-0.4, -0.2) is 47.5 Å². The van der Waals surface area contributed by atoms with Crippen molar-refractivity contribution in [1.29, 1.82) is 5.26 Å². The molecule has 2 heterocycles. The summed E-state index contributed by atoms with van der Waals surface area (Å²) in [4.78, 5) is 24.2. The molecule has 0 spiro atoms. The Bertz CT molecular complexity index is 1450. The van der Waals surface area contributed by atoms with Gasteiger partial charge in [0.05, 0.1) is 23.6 Å². The largest absolute Gasteiger partial charge is 0.481 e. The zero-order valence-corrected chi connectivity index (χ0v) is 22.8. The lowest BCUT2D eigenvalue weighted by Gasteiger charge is -2.26. The van der Waals surface area contributed by atoms with Crippen LogP contribution in [0.4, 0.5) is 11.4 Å². The number of hydrogen-bond donors (Lipinski definition) is 1. The fourth-order valence-corrected chi connectivity index (χ4v) is 5.63. The number of carboxylic acids is 1. The van der Waals surface area contributed by atoms with Gasteiger partial charge in [-0.3, -0.25) is 9.59 Å². The summed E-state index contributed by atoms with van der Waals surface area (Å²) >= 11 is 0. The molecule has 0 fully saturated rings. The summed E-state index contributed by atoms with van der Waals surface area (Å²) in [5.41, 5.74) is 6.09. The number of hydrogen-bond acceptors (Lipinski definition) is 5. The monoisotopic (exact) mass is 524 g/mol. The van der Waals surface area contributed by atoms with Crippen molar-refractivity contribution >= 4 is 29.5 Å². The van der Waals surface area contributed by atoms with Crippen LogP contribution in [0.1, 0.15) is 45.2 Å². The molecule has 0 bridgehead atoms. The summed E-state index contributed by atoms with van der Waals surface area (Å²) in [6.45, 7) is 10.1. The quantitative estimate of drug-likeness (QED) is 0.147. The molecule has 0 saturated heterocycles. The molecule has 0 atom stereocenters. The lowest BCUT2D eigenvalue weighted by atomic mass is 9.81. The number of carboxylic acid groups (broad SMARTS) is 1.